The molecule has 1 aliphatic rings. The van der Waals surface area contributed by atoms with E-state index in [2.05, 4.69) is 85.7 Å². The topological polar surface area (TPSA) is 71.1 Å². The molecule has 0 bridgehead atoms. The van der Waals surface area contributed by atoms with Crippen LogP contribution in [0.3, 0.4) is 0 Å². The summed E-state index contributed by atoms with van der Waals surface area (Å²) in [6.07, 6.45) is 16.0. The van der Waals surface area contributed by atoms with Crippen molar-refractivity contribution in [1.82, 2.24) is 0 Å². The van der Waals surface area contributed by atoms with E-state index in [1.165, 1.54) is 35.2 Å². The number of hydrogen-bond acceptors (Lipinski definition) is 7. The molecular weight excluding hydrogens is 622 g/mol. The molecule has 0 saturated carbocycles. The van der Waals surface area contributed by atoms with Crippen molar-refractivity contribution in [3.05, 3.63) is 77.9 Å². The number of carbonyl (C=O) groups is 2. The molecule has 1 aliphatic heterocycles. The molecule has 0 aromatic heterocycles. The van der Waals surface area contributed by atoms with Crippen LogP contribution in [0.1, 0.15) is 121 Å². The third-order valence-electron chi connectivity index (χ3n) is 9.56. The summed E-state index contributed by atoms with van der Waals surface area (Å²) in [7, 11) is 4.14. The van der Waals surface area contributed by atoms with E-state index in [1.54, 1.807) is 0 Å². The second-order valence-corrected chi connectivity index (χ2v) is 14.0. The van der Waals surface area contributed by atoms with Gasteiger partial charge in [-0.3, -0.25) is 20.0 Å². The number of benzene rings is 3. The van der Waals surface area contributed by atoms with Gasteiger partial charge in [0.05, 0.1) is 30.9 Å². The molecular formula is C43H61N3O4. The summed E-state index contributed by atoms with van der Waals surface area (Å²) >= 11 is 0. The van der Waals surface area contributed by atoms with E-state index in [4.69, 9.17) is 9.47 Å². The van der Waals surface area contributed by atoms with Gasteiger partial charge in [0.15, 0.2) is 0 Å². The Labute approximate surface area is 301 Å². The molecule has 0 saturated heterocycles. The predicted molar refractivity (Wildman–Crippen MR) is 208 cm³/mol. The number of carbonyl (C=O) groups excluding carboxylic acids is 2. The third kappa shape index (κ3) is 12.7. The van der Waals surface area contributed by atoms with E-state index in [0.29, 0.717) is 13.0 Å². The second-order valence-electron chi connectivity index (χ2n) is 14.0. The highest BCUT2D eigenvalue weighted by molar-refractivity contribution is 5.86. The molecule has 7 nitrogen and oxygen atoms in total. The van der Waals surface area contributed by atoms with E-state index < -0.39 is 0 Å². The van der Waals surface area contributed by atoms with E-state index in [-0.39, 0.29) is 24.5 Å². The van der Waals surface area contributed by atoms with Gasteiger partial charge in [0, 0.05) is 31.8 Å². The Morgan fingerprint density at radius 2 is 1.46 bits per heavy atom. The zero-order valence-corrected chi connectivity index (χ0v) is 31.2. The fourth-order valence-corrected chi connectivity index (χ4v) is 6.64. The van der Waals surface area contributed by atoms with Crippen LogP contribution in [-0.4, -0.2) is 38.7 Å². The van der Waals surface area contributed by atoms with Crippen LogP contribution in [-0.2, 0) is 32.0 Å². The van der Waals surface area contributed by atoms with Crippen molar-refractivity contribution < 1.29 is 19.1 Å². The van der Waals surface area contributed by atoms with Gasteiger partial charge in [-0.25, -0.2) is 0 Å². The number of ether oxygens (including phenoxy) is 2. The fraction of sp³-hybridized carbons (Fsp3) is 0.535. The number of esters is 2. The van der Waals surface area contributed by atoms with Crippen molar-refractivity contribution in [2.75, 3.05) is 36.0 Å². The molecule has 0 atom stereocenters. The molecule has 0 spiro atoms. The summed E-state index contributed by atoms with van der Waals surface area (Å²) in [5, 5.41) is 2.18. The van der Waals surface area contributed by atoms with E-state index in [0.717, 1.165) is 101 Å². The maximum Gasteiger partial charge on any atom is 0.310 e. The first-order valence-electron chi connectivity index (χ1n) is 19.3. The predicted octanol–water partition coefficient (Wildman–Crippen LogP) is 10.7. The Hall–Kier alpha value is -4.00. The van der Waals surface area contributed by atoms with Crippen LogP contribution >= 0.6 is 0 Å². The summed E-state index contributed by atoms with van der Waals surface area (Å²) < 4.78 is 11.4. The van der Waals surface area contributed by atoms with E-state index >= 15 is 0 Å². The first-order valence-corrected chi connectivity index (χ1v) is 19.3. The van der Waals surface area contributed by atoms with Gasteiger partial charge in [0.25, 0.3) is 0 Å². The highest BCUT2D eigenvalue weighted by atomic mass is 16.5. The smallest absolute Gasteiger partial charge is 0.310 e. The van der Waals surface area contributed by atoms with Crippen LogP contribution < -0.4 is 15.3 Å². The minimum absolute atomic E-state index is 0.0183. The van der Waals surface area contributed by atoms with Crippen LogP contribution in [0, 0.1) is 0 Å². The fourth-order valence-electron chi connectivity index (χ4n) is 6.64. The van der Waals surface area contributed by atoms with Gasteiger partial charge >= 0.3 is 11.9 Å². The molecule has 272 valence electrons. The molecule has 50 heavy (non-hydrogen) atoms. The van der Waals surface area contributed by atoms with Gasteiger partial charge in [-0.2, -0.15) is 0 Å². The van der Waals surface area contributed by atoms with Gasteiger partial charge in [0.2, 0.25) is 0 Å². The number of nitrogens with zero attached hydrogens (tertiary/aromatic N) is 2. The molecule has 3 aromatic rings. The molecule has 1 N–H and O–H groups in total. The first-order chi connectivity index (χ1) is 24.4. The van der Waals surface area contributed by atoms with Gasteiger partial charge in [-0.05, 0) is 72.7 Å². The summed E-state index contributed by atoms with van der Waals surface area (Å²) in [6.45, 7) is 5.57. The van der Waals surface area contributed by atoms with Crippen molar-refractivity contribution in [1.29, 1.82) is 0 Å². The van der Waals surface area contributed by atoms with E-state index in [1.807, 2.05) is 24.3 Å². The van der Waals surface area contributed by atoms with Crippen molar-refractivity contribution in [3.8, 4) is 11.1 Å². The maximum absolute atomic E-state index is 12.6. The number of rotatable bonds is 23. The average molecular weight is 684 g/mol. The van der Waals surface area contributed by atoms with Crippen LogP contribution in [0.5, 0.6) is 0 Å². The Balaban J connectivity index is 1.09. The zero-order chi connectivity index (χ0) is 35.6. The number of anilines is 3. The quantitative estimate of drug-likeness (QED) is 0.0788. The van der Waals surface area contributed by atoms with Crippen LogP contribution in [0.4, 0.5) is 17.1 Å². The third-order valence-corrected chi connectivity index (χ3v) is 9.56. The van der Waals surface area contributed by atoms with Crippen molar-refractivity contribution in [3.63, 3.8) is 0 Å². The minimum Gasteiger partial charge on any atom is -0.465 e. The molecule has 1 heterocycles. The van der Waals surface area contributed by atoms with Gasteiger partial charge in [0.1, 0.15) is 6.10 Å². The normalized spacial score (nSPS) is 12.0. The Morgan fingerprint density at radius 1 is 0.760 bits per heavy atom. The van der Waals surface area contributed by atoms with Crippen LogP contribution in [0.15, 0.2) is 66.7 Å². The molecule has 0 aliphatic carbocycles. The molecule has 0 amide bonds. The molecule has 7 heteroatoms. The molecule has 0 unspecified atom stereocenters. The lowest BCUT2D eigenvalue weighted by molar-refractivity contribution is -0.150. The monoisotopic (exact) mass is 683 g/mol. The number of fused-ring (bicyclic) bond motifs is 3. The molecule has 4 rings (SSSR count). The lowest BCUT2D eigenvalue weighted by atomic mass is 9.93. The number of para-hydroxylation sites is 1. The maximum atomic E-state index is 12.6. The first kappa shape index (κ1) is 38.8. The molecule has 3 aromatic carbocycles. The van der Waals surface area contributed by atoms with Crippen molar-refractivity contribution >= 4 is 29.0 Å². The zero-order valence-electron chi connectivity index (χ0n) is 31.2. The SMILES string of the molecule is CCCCC(CCCC)OC(=O)CCCCCCCCCCOC(=O)Cc1cccc(NN2Cc3ccc(N(C)C)cc3-c3ccccc32)c1. The summed E-state index contributed by atoms with van der Waals surface area (Å²) in [5.41, 5.74) is 11.5. The summed E-state index contributed by atoms with van der Waals surface area (Å²) in [5.74, 6) is -0.202. The van der Waals surface area contributed by atoms with Crippen LogP contribution in [0.2, 0.25) is 0 Å². The lowest BCUT2D eigenvalue weighted by Gasteiger charge is -2.34. The lowest BCUT2D eigenvalue weighted by Crippen LogP contribution is -2.32. The summed E-state index contributed by atoms with van der Waals surface area (Å²) in [6, 6.07) is 23.2. The van der Waals surface area contributed by atoms with E-state index in [9.17, 15) is 9.59 Å². The highest BCUT2D eigenvalue weighted by Crippen LogP contribution is 2.40. The Kier molecular flexibility index (Phi) is 16.5. The Morgan fingerprint density at radius 3 is 2.18 bits per heavy atom. The highest BCUT2D eigenvalue weighted by Gasteiger charge is 2.23. The Bertz CT molecular complexity index is 1460. The van der Waals surface area contributed by atoms with Crippen LogP contribution in [0.25, 0.3) is 11.1 Å². The van der Waals surface area contributed by atoms with Gasteiger partial charge in [-0.15, -0.1) is 0 Å². The second kappa shape index (κ2) is 21.3. The number of unbranched alkanes of at least 4 members (excludes halogenated alkanes) is 9. The molecule has 0 radical (unpaired) electrons. The minimum atomic E-state index is -0.184. The number of nitrogens with one attached hydrogen (secondary N) is 1. The largest absolute Gasteiger partial charge is 0.465 e. The van der Waals surface area contributed by atoms with Crippen molar-refractivity contribution in [2.45, 2.75) is 129 Å². The standard InChI is InChI=1S/C43H61N3O4/c1-5-7-22-38(23-8-6-2)50-42(47)26-15-13-11-9-10-12-14-18-29-49-43(48)31-34-20-19-21-36(30-34)44-46-33-35-27-28-37(45(3)4)32-40(35)39-24-16-17-25-41(39)46/h16-17,19-21,24-25,27-28,30,32,38,44H,5-15,18,22-23,26,29,31,33H2,1-4H3. The average Bonchev–Trinajstić information content (AvgIpc) is 3.11. The van der Waals surface area contributed by atoms with Crippen molar-refractivity contribution in [2.24, 2.45) is 0 Å². The van der Waals surface area contributed by atoms with Gasteiger partial charge < -0.3 is 14.4 Å². The number of hydrogen-bond donors (Lipinski definition) is 1. The summed E-state index contributed by atoms with van der Waals surface area (Å²) in [4.78, 5) is 27.1. The number of hydrazine groups is 1. The van der Waals surface area contributed by atoms with Gasteiger partial charge in [-0.1, -0.05) is 114 Å². The molecule has 0 fully saturated rings.